The summed E-state index contributed by atoms with van der Waals surface area (Å²) in [5, 5.41) is 0. The molecule has 0 aliphatic rings. The molecule has 1 nitrogen and oxygen atoms in total. The van der Waals surface area contributed by atoms with Crippen molar-refractivity contribution in [1.29, 1.82) is 0 Å². The monoisotopic (exact) mass is 225 g/mol. The molecule has 0 radical (unpaired) electrons. The zero-order chi connectivity index (χ0) is 10.9. The van der Waals surface area contributed by atoms with Crippen LogP contribution in [0.2, 0.25) is 0 Å². The lowest BCUT2D eigenvalue weighted by atomic mass is 9.93. The first-order valence-corrected chi connectivity index (χ1v) is 7.15. The Morgan fingerprint density at radius 2 is 1.14 bits per heavy atom. The molecule has 76 valence electrons. The summed E-state index contributed by atoms with van der Waals surface area (Å²) in [6.07, 6.45) is 0. The molecule has 0 aliphatic heterocycles. The van der Waals surface area contributed by atoms with E-state index in [1.54, 1.807) is 0 Å². The molecule has 0 spiro atoms. The van der Waals surface area contributed by atoms with Crippen molar-refractivity contribution >= 4 is 22.7 Å². The molecule has 0 aliphatic carbocycles. The minimum absolute atomic E-state index is 1.00. The van der Waals surface area contributed by atoms with Gasteiger partial charge in [0, 0.05) is 8.06 Å². The van der Waals surface area contributed by atoms with Crippen LogP contribution >= 0.6 is 17.0 Å². The molecule has 0 saturated heterocycles. The third-order valence-electron chi connectivity index (χ3n) is 3.12. The number of hydrogen-bond donors (Lipinski definition) is 0. The fourth-order valence-corrected chi connectivity index (χ4v) is 2.45. The predicted molar refractivity (Wildman–Crippen MR) is 68.8 cm³/mol. The molecule has 1 rings (SSSR count). The molecule has 0 aromatic heterocycles. The highest BCUT2D eigenvalue weighted by Gasteiger charge is 2.10. The largest absolute Gasteiger partial charge is 0.228 e. The van der Waals surface area contributed by atoms with E-state index in [9.17, 15) is 0 Å². The van der Waals surface area contributed by atoms with Gasteiger partial charge in [0.25, 0.3) is 0 Å². The SMILES string of the molecule is Cc1c(C)c(C)c(N=PP)c(C)c1C. The zero-order valence-corrected chi connectivity index (χ0v) is 11.5. The van der Waals surface area contributed by atoms with Gasteiger partial charge in [-0.1, -0.05) is 8.93 Å². The van der Waals surface area contributed by atoms with Gasteiger partial charge in [-0.05, 0) is 62.4 Å². The molecule has 1 atom stereocenters. The molecule has 0 N–H and O–H groups in total. The summed E-state index contributed by atoms with van der Waals surface area (Å²) >= 11 is 0. The lowest BCUT2D eigenvalue weighted by Crippen LogP contribution is -1.95. The lowest BCUT2D eigenvalue weighted by Gasteiger charge is -2.15. The second-order valence-corrected chi connectivity index (χ2v) is 4.81. The molecule has 3 heteroatoms. The van der Waals surface area contributed by atoms with Gasteiger partial charge in [0.1, 0.15) is 0 Å². The highest BCUT2D eigenvalue weighted by Crippen LogP contribution is 2.35. The molecule has 1 unspecified atom stereocenters. The lowest BCUT2D eigenvalue weighted by molar-refractivity contribution is 1.17. The molecule has 0 amide bonds. The van der Waals surface area contributed by atoms with Crippen molar-refractivity contribution in [3.8, 4) is 0 Å². The summed E-state index contributed by atoms with van der Waals surface area (Å²) in [5.41, 5.74) is 7.96. The van der Waals surface area contributed by atoms with E-state index < -0.39 is 0 Å². The van der Waals surface area contributed by atoms with Gasteiger partial charge < -0.3 is 0 Å². The number of nitrogens with zero attached hydrogens (tertiary/aromatic N) is 1. The van der Waals surface area contributed by atoms with Crippen LogP contribution in [0.25, 0.3) is 0 Å². The minimum atomic E-state index is 1.00. The highest BCUT2D eigenvalue weighted by atomic mass is 32.0. The summed E-state index contributed by atoms with van der Waals surface area (Å²) < 4.78 is 4.50. The molecule has 1 aromatic carbocycles. The van der Waals surface area contributed by atoms with Gasteiger partial charge in [-0.15, -0.1) is 0 Å². The number of rotatable bonds is 1. The maximum Gasteiger partial charge on any atom is 0.0742 e. The fourth-order valence-electron chi connectivity index (χ4n) is 1.69. The Morgan fingerprint density at radius 3 is 1.50 bits per heavy atom. The van der Waals surface area contributed by atoms with Crippen LogP contribution in [0.4, 0.5) is 5.69 Å². The molecular weight excluding hydrogens is 208 g/mol. The van der Waals surface area contributed by atoms with Gasteiger partial charge in [0.15, 0.2) is 0 Å². The molecule has 14 heavy (non-hydrogen) atoms. The molecule has 0 bridgehead atoms. The van der Waals surface area contributed by atoms with Gasteiger partial charge in [0.05, 0.1) is 5.69 Å². The van der Waals surface area contributed by atoms with E-state index >= 15 is 0 Å². The fraction of sp³-hybridized carbons (Fsp3) is 0.455. The summed E-state index contributed by atoms with van der Waals surface area (Å²) in [6.45, 7) is 10.9. The summed E-state index contributed by atoms with van der Waals surface area (Å²) in [7, 11) is 3.63. The zero-order valence-electron chi connectivity index (χ0n) is 9.47. The smallest absolute Gasteiger partial charge is 0.0742 e. The normalized spacial score (nSPS) is 11.3. The van der Waals surface area contributed by atoms with E-state index in [0.717, 1.165) is 8.06 Å². The van der Waals surface area contributed by atoms with E-state index in [1.807, 2.05) is 0 Å². The average Bonchev–Trinajstić information content (AvgIpc) is 2.19. The van der Waals surface area contributed by atoms with Gasteiger partial charge in [-0.2, -0.15) is 0 Å². The first-order valence-electron chi connectivity index (χ1n) is 4.68. The van der Waals surface area contributed by atoms with Crippen LogP contribution in [-0.4, -0.2) is 0 Å². The quantitative estimate of drug-likeness (QED) is 0.610. The third-order valence-corrected chi connectivity index (χ3v) is 3.78. The Bertz CT molecular complexity index is 366. The van der Waals surface area contributed by atoms with Crippen molar-refractivity contribution < 1.29 is 0 Å². The van der Waals surface area contributed by atoms with E-state index in [2.05, 4.69) is 48.3 Å². The molecular formula is C11H17NP2. The van der Waals surface area contributed by atoms with Crippen molar-refractivity contribution in [2.24, 2.45) is 4.74 Å². The summed E-state index contributed by atoms with van der Waals surface area (Å²) in [6, 6.07) is 0. The Morgan fingerprint density at radius 1 is 0.786 bits per heavy atom. The minimum Gasteiger partial charge on any atom is -0.228 e. The molecule has 0 saturated carbocycles. The molecule has 1 aromatic rings. The standard InChI is InChI=1S/C11H17NP2/c1-6-7(2)9(4)11(12-14-13)10(5)8(6)3/h13H2,1-5H3. The highest BCUT2D eigenvalue weighted by molar-refractivity contribution is 7.97. The molecule has 0 heterocycles. The van der Waals surface area contributed by atoms with Crippen molar-refractivity contribution in [2.45, 2.75) is 34.6 Å². The van der Waals surface area contributed by atoms with Gasteiger partial charge in [-0.3, -0.25) is 0 Å². The Hall–Kier alpha value is -0.250. The number of hydrogen-bond acceptors (Lipinski definition) is 1. The summed E-state index contributed by atoms with van der Waals surface area (Å²) in [5.74, 6) is 0. The maximum absolute atomic E-state index is 4.50. The van der Waals surface area contributed by atoms with E-state index in [-0.39, 0.29) is 0 Å². The van der Waals surface area contributed by atoms with Crippen LogP contribution in [0.3, 0.4) is 0 Å². The second-order valence-electron chi connectivity index (χ2n) is 3.69. The van der Waals surface area contributed by atoms with Gasteiger partial charge >= 0.3 is 0 Å². The van der Waals surface area contributed by atoms with Crippen molar-refractivity contribution in [3.63, 3.8) is 0 Å². The summed E-state index contributed by atoms with van der Waals surface area (Å²) in [4.78, 5) is 0. The topological polar surface area (TPSA) is 12.4 Å². The maximum atomic E-state index is 4.50. The second kappa shape index (κ2) is 4.51. The third kappa shape index (κ3) is 1.90. The van der Waals surface area contributed by atoms with Gasteiger partial charge in [-0.25, -0.2) is 4.74 Å². The number of benzene rings is 1. The first kappa shape index (κ1) is 11.8. The van der Waals surface area contributed by atoms with Gasteiger partial charge in [0.2, 0.25) is 0 Å². The van der Waals surface area contributed by atoms with E-state index in [4.69, 9.17) is 0 Å². The Balaban J connectivity index is 3.59. The van der Waals surface area contributed by atoms with E-state index in [1.165, 1.54) is 33.5 Å². The Labute approximate surface area is 90.3 Å². The van der Waals surface area contributed by atoms with Crippen LogP contribution < -0.4 is 0 Å². The van der Waals surface area contributed by atoms with Crippen LogP contribution in [-0.2, 0) is 0 Å². The predicted octanol–water partition coefficient (Wildman–Crippen LogP) is 4.78. The van der Waals surface area contributed by atoms with Crippen LogP contribution in [0, 0.1) is 34.6 Å². The van der Waals surface area contributed by atoms with E-state index in [0.29, 0.717) is 0 Å². The average molecular weight is 225 g/mol. The molecule has 0 fully saturated rings. The van der Waals surface area contributed by atoms with Crippen molar-refractivity contribution in [3.05, 3.63) is 27.8 Å². The Kier molecular flexibility index (Phi) is 3.81. The van der Waals surface area contributed by atoms with Crippen molar-refractivity contribution in [2.75, 3.05) is 0 Å². The first-order chi connectivity index (χ1) is 6.50. The van der Waals surface area contributed by atoms with Crippen LogP contribution in [0.5, 0.6) is 0 Å². The van der Waals surface area contributed by atoms with Crippen molar-refractivity contribution in [1.82, 2.24) is 0 Å². The van der Waals surface area contributed by atoms with Crippen LogP contribution in [0.1, 0.15) is 27.8 Å². The van der Waals surface area contributed by atoms with Crippen LogP contribution in [0.15, 0.2) is 4.74 Å².